The van der Waals surface area contributed by atoms with Gasteiger partial charge in [0.25, 0.3) is 0 Å². The second kappa shape index (κ2) is 12.7. The van der Waals surface area contributed by atoms with Crippen molar-refractivity contribution in [3.8, 4) is 44.5 Å². The van der Waals surface area contributed by atoms with Gasteiger partial charge in [-0.3, -0.25) is 0 Å². The van der Waals surface area contributed by atoms with Gasteiger partial charge in [0.2, 0.25) is 0 Å². The van der Waals surface area contributed by atoms with E-state index in [0.29, 0.717) is 11.4 Å². The molecule has 47 heavy (non-hydrogen) atoms. The van der Waals surface area contributed by atoms with Crippen LogP contribution in [0.5, 0.6) is 0 Å². The maximum atomic E-state index is 9.31. The molecule has 0 aliphatic rings. The molecule has 0 amide bonds. The van der Waals surface area contributed by atoms with Gasteiger partial charge in [0.1, 0.15) is 0 Å². The standard InChI is InChI=1S/C46H33N/c1-4-12-34(13-5-1)36-20-27-41(28-21-36)47(42-29-22-37(23-30-42)35-14-6-2-7-15-35)43-31-24-39(25-32-43)45-33-26-38-16-10-11-19-44(38)46(45)40-17-8-3-9-18-40/h1-33H/i1D,4D,5D,12D,13D,20D,21D,27D,28D. The topological polar surface area (TPSA) is 3.24 Å². The Hall–Kier alpha value is -6.18. The van der Waals surface area contributed by atoms with Crippen LogP contribution in [0.15, 0.2) is 200 Å². The first-order chi connectivity index (χ1) is 27.1. The van der Waals surface area contributed by atoms with E-state index in [1.807, 2.05) is 109 Å². The van der Waals surface area contributed by atoms with Gasteiger partial charge in [-0.25, -0.2) is 0 Å². The zero-order valence-corrected chi connectivity index (χ0v) is 25.3. The van der Waals surface area contributed by atoms with E-state index in [-0.39, 0.29) is 16.8 Å². The Kier molecular flexibility index (Phi) is 5.40. The van der Waals surface area contributed by atoms with Crippen LogP contribution in [0.3, 0.4) is 0 Å². The first kappa shape index (κ1) is 20.0. The first-order valence-corrected chi connectivity index (χ1v) is 15.4. The number of rotatable bonds is 7. The summed E-state index contributed by atoms with van der Waals surface area (Å²) in [5, 5.41) is 2.23. The number of benzene rings is 8. The molecule has 0 radical (unpaired) electrons. The molecule has 0 unspecified atom stereocenters. The van der Waals surface area contributed by atoms with Crippen LogP contribution < -0.4 is 4.90 Å². The van der Waals surface area contributed by atoms with Crippen molar-refractivity contribution in [3.63, 3.8) is 0 Å². The summed E-state index contributed by atoms with van der Waals surface area (Å²) in [5.74, 6) is 0. The molecule has 8 rings (SSSR count). The Morgan fingerprint density at radius 1 is 0.340 bits per heavy atom. The Balaban J connectivity index is 1.32. The van der Waals surface area contributed by atoms with Gasteiger partial charge in [0.15, 0.2) is 0 Å². The average molecular weight is 609 g/mol. The molecule has 1 nitrogen and oxygen atoms in total. The number of fused-ring (bicyclic) bond motifs is 1. The Morgan fingerprint density at radius 2 is 0.872 bits per heavy atom. The minimum absolute atomic E-state index is 0.0491. The van der Waals surface area contributed by atoms with E-state index >= 15 is 0 Å². The molecule has 0 aromatic heterocycles. The Labute approximate surface area is 289 Å². The predicted molar refractivity (Wildman–Crippen MR) is 200 cm³/mol. The molecule has 0 saturated carbocycles. The molecule has 8 aromatic carbocycles. The fourth-order valence-electron chi connectivity index (χ4n) is 5.98. The van der Waals surface area contributed by atoms with E-state index in [2.05, 4.69) is 36.4 Å². The van der Waals surface area contributed by atoms with Gasteiger partial charge in [0.05, 0.1) is 12.3 Å². The molecule has 0 fully saturated rings. The number of anilines is 3. The molecule has 0 N–H and O–H groups in total. The molecule has 0 bridgehead atoms. The minimum Gasteiger partial charge on any atom is -0.311 e. The molecular formula is C46H33N. The van der Waals surface area contributed by atoms with Crippen LogP contribution in [0, 0.1) is 0 Å². The number of hydrogen-bond donors (Lipinski definition) is 0. The molecule has 0 spiro atoms. The summed E-state index contributed by atoms with van der Waals surface area (Å²) in [6, 6.07) is 43.0. The highest BCUT2D eigenvalue weighted by Gasteiger charge is 2.16. The molecule has 1 heteroatoms. The third-order valence-corrected chi connectivity index (χ3v) is 8.25. The van der Waals surface area contributed by atoms with Crippen molar-refractivity contribution < 1.29 is 12.3 Å². The zero-order valence-electron chi connectivity index (χ0n) is 34.3. The molecule has 0 saturated heterocycles. The number of hydrogen-bond acceptors (Lipinski definition) is 1. The summed E-state index contributed by atoms with van der Waals surface area (Å²) < 4.78 is 78.4. The van der Waals surface area contributed by atoms with Gasteiger partial charge in [0, 0.05) is 17.1 Å². The Morgan fingerprint density at radius 3 is 1.53 bits per heavy atom. The van der Waals surface area contributed by atoms with Crippen molar-refractivity contribution in [1.82, 2.24) is 0 Å². The molecule has 222 valence electrons. The van der Waals surface area contributed by atoms with Crippen LogP contribution in [0.25, 0.3) is 55.3 Å². The lowest BCUT2D eigenvalue weighted by molar-refractivity contribution is 1.28. The minimum atomic E-state index is -0.621. The van der Waals surface area contributed by atoms with Gasteiger partial charge >= 0.3 is 0 Å². The zero-order chi connectivity index (χ0) is 39.2. The van der Waals surface area contributed by atoms with Crippen molar-refractivity contribution in [2.45, 2.75) is 0 Å². The van der Waals surface area contributed by atoms with Gasteiger partial charge in [-0.15, -0.1) is 0 Å². The van der Waals surface area contributed by atoms with E-state index in [1.165, 1.54) is 0 Å². The fraction of sp³-hybridized carbons (Fsp3) is 0. The van der Waals surface area contributed by atoms with Crippen molar-refractivity contribution in [2.75, 3.05) is 4.90 Å². The smallest absolute Gasteiger partial charge is 0.0645 e. The second-order valence-electron chi connectivity index (χ2n) is 11.1. The summed E-state index contributed by atoms with van der Waals surface area (Å²) in [4.78, 5) is 1.67. The van der Waals surface area contributed by atoms with E-state index in [9.17, 15) is 2.74 Å². The lowest BCUT2D eigenvalue weighted by Crippen LogP contribution is -2.09. The van der Waals surface area contributed by atoms with Gasteiger partial charge in [-0.2, -0.15) is 0 Å². The first-order valence-electron chi connectivity index (χ1n) is 19.9. The highest BCUT2D eigenvalue weighted by atomic mass is 15.1. The highest BCUT2D eigenvalue weighted by molar-refractivity contribution is 6.04. The molecule has 0 aliphatic heterocycles. The third kappa shape index (κ3) is 5.72. The summed E-state index contributed by atoms with van der Waals surface area (Å²) in [7, 11) is 0. The molecular weight excluding hydrogens is 567 g/mol. The Bertz CT molecular complexity index is 2710. The van der Waals surface area contributed by atoms with Crippen LogP contribution in [0.1, 0.15) is 12.3 Å². The van der Waals surface area contributed by atoms with Gasteiger partial charge in [-0.1, -0.05) is 164 Å². The van der Waals surface area contributed by atoms with Crippen LogP contribution in [-0.4, -0.2) is 0 Å². The maximum Gasteiger partial charge on any atom is 0.0645 e. The maximum absolute atomic E-state index is 9.31. The van der Waals surface area contributed by atoms with Crippen LogP contribution in [0.2, 0.25) is 0 Å². The van der Waals surface area contributed by atoms with E-state index in [4.69, 9.17) is 9.60 Å². The molecule has 0 heterocycles. The summed E-state index contributed by atoms with van der Waals surface area (Å²) in [6.45, 7) is 0. The summed E-state index contributed by atoms with van der Waals surface area (Å²) in [5.41, 5.74) is 6.43. The van der Waals surface area contributed by atoms with Crippen molar-refractivity contribution in [3.05, 3.63) is 200 Å². The molecule has 8 aromatic rings. The van der Waals surface area contributed by atoms with E-state index < -0.39 is 54.4 Å². The molecule has 0 aliphatic carbocycles. The van der Waals surface area contributed by atoms with Crippen LogP contribution >= 0.6 is 0 Å². The summed E-state index contributed by atoms with van der Waals surface area (Å²) >= 11 is 0. The lowest BCUT2D eigenvalue weighted by Gasteiger charge is -2.26. The van der Waals surface area contributed by atoms with Crippen molar-refractivity contribution in [1.29, 1.82) is 0 Å². The van der Waals surface area contributed by atoms with Crippen molar-refractivity contribution >= 4 is 27.8 Å². The lowest BCUT2D eigenvalue weighted by atomic mass is 9.90. The van der Waals surface area contributed by atoms with E-state index in [1.54, 1.807) is 4.90 Å². The predicted octanol–water partition coefficient (Wildman–Crippen LogP) is 13.0. The van der Waals surface area contributed by atoms with Crippen molar-refractivity contribution in [2.24, 2.45) is 0 Å². The monoisotopic (exact) mass is 608 g/mol. The largest absolute Gasteiger partial charge is 0.311 e. The number of nitrogens with zero attached hydrogens (tertiary/aromatic N) is 1. The van der Waals surface area contributed by atoms with Crippen LogP contribution in [0.4, 0.5) is 17.1 Å². The van der Waals surface area contributed by atoms with E-state index in [0.717, 1.165) is 44.2 Å². The third-order valence-electron chi connectivity index (χ3n) is 8.25. The molecule has 0 atom stereocenters. The summed E-state index contributed by atoms with van der Waals surface area (Å²) in [6.07, 6.45) is 0. The normalized spacial score (nSPS) is 13.7. The fourth-order valence-corrected chi connectivity index (χ4v) is 5.98. The average Bonchev–Trinajstić information content (AvgIpc) is 3.24. The quantitative estimate of drug-likeness (QED) is 0.174. The SMILES string of the molecule is [2H]c1c([2H])c([2H])c(-c2c([2H])c([2H])c(N(c3ccc(-c4ccccc4)cc3)c3ccc(-c4ccc5ccccc5c4-c4ccccc4)cc3)c([2H])c2[2H])c([2H])c1[2H]. The van der Waals surface area contributed by atoms with Gasteiger partial charge in [-0.05, 0) is 91.6 Å². The van der Waals surface area contributed by atoms with Crippen LogP contribution in [-0.2, 0) is 0 Å². The van der Waals surface area contributed by atoms with Gasteiger partial charge < -0.3 is 4.90 Å². The second-order valence-corrected chi connectivity index (χ2v) is 11.1. The highest BCUT2D eigenvalue weighted by Crippen LogP contribution is 2.41.